The normalized spacial score (nSPS) is 18.9. The van der Waals surface area contributed by atoms with E-state index in [4.69, 9.17) is 13.9 Å². The molecule has 1 aromatic heterocycles. The number of amidine groups is 1. The lowest BCUT2D eigenvalue weighted by molar-refractivity contribution is -0.126. The van der Waals surface area contributed by atoms with E-state index in [2.05, 4.69) is 10.2 Å². The number of methoxy groups -OCH3 is 2. The Balaban J connectivity index is 1.79. The van der Waals surface area contributed by atoms with Crippen LogP contribution in [0.4, 0.5) is 0 Å². The van der Waals surface area contributed by atoms with E-state index >= 15 is 0 Å². The van der Waals surface area contributed by atoms with Crippen LogP contribution < -0.4 is 9.47 Å². The Kier molecular flexibility index (Phi) is 5.62. The van der Waals surface area contributed by atoms with Crippen LogP contribution in [-0.2, 0) is 11.3 Å². The maximum absolute atomic E-state index is 12.3. The van der Waals surface area contributed by atoms with Crippen molar-refractivity contribution >= 4 is 29.1 Å². The number of amides is 1. The first-order chi connectivity index (χ1) is 12.6. The summed E-state index contributed by atoms with van der Waals surface area (Å²) in [6, 6.07) is 9.03. The fourth-order valence-electron chi connectivity index (χ4n) is 2.43. The van der Waals surface area contributed by atoms with E-state index < -0.39 is 0 Å². The summed E-state index contributed by atoms with van der Waals surface area (Å²) < 4.78 is 15.8. The number of rotatable bonds is 6. The highest BCUT2D eigenvalue weighted by Crippen LogP contribution is 2.29. The van der Waals surface area contributed by atoms with Crippen molar-refractivity contribution in [3.63, 3.8) is 0 Å². The Morgan fingerprint density at radius 1 is 1.31 bits per heavy atom. The van der Waals surface area contributed by atoms with E-state index in [1.807, 2.05) is 25.1 Å². The molecule has 1 saturated heterocycles. The number of carbonyl (C=O) groups excluding carboxylic acids is 1. The van der Waals surface area contributed by atoms with E-state index in [0.29, 0.717) is 29.0 Å². The van der Waals surface area contributed by atoms with Gasteiger partial charge in [0, 0.05) is 11.6 Å². The first-order valence-corrected chi connectivity index (χ1v) is 8.84. The van der Waals surface area contributed by atoms with Gasteiger partial charge >= 0.3 is 0 Å². The van der Waals surface area contributed by atoms with Gasteiger partial charge in [-0.1, -0.05) is 11.8 Å². The first kappa shape index (κ1) is 18.1. The molecule has 0 unspecified atom stereocenters. The van der Waals surface area contributed by atoms with Crippen molar-refractivity contribution in [3.8, 4) is 11.5 Å². The molecule has 136 valence electrons. The molecule has 0 radical (unpaired) electrons. The average Bonchev–Trinajstić information content (AvgIpc) is 3.26. The fraction of sp³-hybridized carbons (Fsp3) is 0.278. The van der Waals surface area contributed by atoms with E-state index in [-0.39, 0.29) is 11.2 Å². The number of thioether (sulfide) groups is 1. The van der Waals surface area contributed by atoms with Crippen LogP contribution in [0.3, 0.4) is 0 Å². The second kappa shape index (κ2) is 8.09. The maximum Gasteiger partial charge on any atom is 0.242 e. The summed E-state index contributed by atoms with van der Waals surface area (Å²) in [5.74, 6) is 2.01. The Morgan fingerprint density at radius 2 is 2.15 bits per heavy atom. The molecule has 1 amide bonds. The molecule has 2 heterocycles. The number of carbonyl (C=O) groups is 1. The molecule has 3 rings (SSSR count). The highest BCUT2D eigenvalue weighted by molar-refractivity contribution is 8.15. The lowest BCUT2D eigenvalue weighted by Gasteiger charge is -2.13. The van der Waals surface area contributed by atoms with Gasteiger partial charge in [-0.2, -0.15) is 5.10 Å². The second-order valence-corrected chi connectivity index (χ2v) is 6.81. The highest BCUT2D eigenvalue weighted by atomic mass is 32.2. The van der Waals surface area contributed by atoms with Gasteiger partial charge in [0.1, 0.15) is 17.3 Å². The molecule has 0 spiro atoms. The molecule has 7 nitrogen and oxygen atoms in total. The minimum absolute atomic E-state index is 0.0117. The van der Waals surface area contributed by atoms with Gasteiger partial charge in [0.25, 0.3) is 0 Å². The zero-order valence-electron chi connectivity index (χ0n) is 14.7. The molecule has 0 aliphatic carbocycles. The molecular formula is C18H19N3O4S. The molecule has 1 fully saturated rings. The van der Waals surface area contributed by atoms with E-state index in [9.17, 15) is 4.79 Å². The highest BCUT2D eigenvalue weighted by Gasteiger charge is 2.35. The van der Waals surface area contributed by atoms with E-state index in [1.54, 1.807) is 43.7 Å². The van der Waals surface area contributed by atoms with Crippen LogP contribution >= 0.6 is 11.8 Å². The minimum Gasteiger partial charge on any atom is -0.497 e. The summed E-state index contributed by atoms with van der Waals surface area (Å²) >= 11 is 1.37. The van der Waals surface area contributed by atoms with Crippen LogP contribution in [0.2, 0.25) is 0 Å². The van der Waals surface area contributed by atoms with Crippen LogP contribution in [0, 0.1) is 0 Å². The molecule has 1 aromatic carbocycles. The lowest BCUT2D eigenvalue weighted by Crippen LogP contribution is -2.30. The smallest absolute Gasteiger partial charge is 0.242 e. The molecule has 0 bridgehead atoms. The standard InChI is InChI=1S/C18H19N3O4S/c1-12-17(22)21(11-15-5-4-8-25-15)18(26-12)20-19-10-13-6-7-14(23-2)9-16(13)24-3/h4-10,12H,11H2,1-3H3/b19-10+,20-18-/t12-/m1/s1. The number of hydrogen-bond donors (Lipinski definition) is 0. The number of hydrogen-bond acceptors (Lipinski definition) is 7. The van der Waals surface area contributed by atoms with Crippen LogP contribution in [-0.4, -0.2) is 41.7 Å². The number of furan rings is 1. The topological polar surface area (TPSA) is 76.6 Å². The lowest BCUT2D eigenvalue weighted by atomic mass is 10.2. The summed E-state index contributed by atoms with van der Waals surface area (Å²) in [4.78, 5) is 13.9. The van der Waals surface area contributed by atoms with Gasteiger partial charge in [0.05, 0.1) is 38.5 Å². The number of ether oxygens (including phenoxy) is 2. The second-order valence-electron chi connectivity index (χ2n) is 5.50. The number of benzene rings is 1. The van der Waals surface area contributed by atoms with Crippen molar-refractivity contribution in [2.45, 2.75) is 18.7 Å². The predicted molar refractivity (Wildman–Crippen MR) is 101 cm³/mol. The van der Waals surface area contributed by atoms with Crippen LogP contribution in [0.1, 0.15) is 18.2 Å². The van der Waals surface area contributed by atoms with E-state index in [1.165, 1.54) is 11.8 Å². The van der Waals surface area contributed by atoms with Crippen LogP contribution in [0.25, 0.3) is 0 Å². The van der Waals surface area contributed by atoms with Gasteiger partial charge in [0.2, 0.25) is 5.91 Å². The first-order valence-electron chi connectivity index (χ1n) is 7.96. The fourth-order valence-corrected chi connectivity index (χ4v) is 3.35. The van der Waals surface area contributed by atoms with Crippen molar-refractivity contribution in [2.75, 3.05) is 14.2 Å². The molecule has 8 heteroatoms. The molecule has 1 aliphatic rings. The van der Waals surface area contributed by atoms with Crippen molar-refractivity contribution in [3.05, 3.63) is 47.9 Å². The molecule has 0 N–H and O–H groups in total. The van der Waals surface area contributed by atoms with Gasteiger partial charge in [-0.3, -0.25) is 9.69 Å². The quantitative estimate of drug-likeness (QED) is 0.574. The summed E-state index contributed by atoms with van der Waals surface area (Å²) in [7, 11) is 3.17. The molecule has 1 aliphatic heterocycles. The average molecular weight is 373 g/mol. The molecule has 26 heavy (non-hydrogen) atoms. The minimum atomic E-state index is -0.200. The molecule has 0 saturated carbocycles. The molecule has 2 aromatic rings. The van der Waals surface area contributed by atoms with Gasteiger partial charge in [-0.25, -0.2) is 0 Å². The zero-order chi connectivity index (χ0) is 18.5. The van der Waals surface area contributed by atoms with Crippen LogP contribution in [0.5, 0.6) is 11.5 Å². The molecular weight excluding hydrogens is 354 g/mol. The van der Waals surface area contributed by atoms with Crippen LogP contribution in [0.15, 0.2) is 51.2 Å². The van der Waals surface area contributed by atoms with Gasteiger partial charge < -0.3 is 13.9 Å². The molecule has 1 atom stereocenters. The summed E-state index contributed by atoms with van der Waals surface area (Å²) in [5, 5.41) is 8.70. The maximum atomic E-state index is 12.3. The van der Waals surface area contributed by atoms with Gasteiger partial charge in [0.15, 0.2) is 5.17 Å². The number of nitrogens with zero attached hydrogens (tertiary/aromatic N) is 3. The van der Waals surface area contributed by atoms with Crippen molar-refractivity contribution in [1.29, 1.82) is 0 Å². The zero-order valence-corrected chi connectivity index (χ0v) is 15.5. The Labute approximate surface area is 155 Å². The van der Waals surface area contributed by atoms with Crippen molar-refractivity contribution < 1.29 is 18.7 Å². The summed E-state index contributed by atoms with van der Waals surface area (Å²) in [5.41, 5.74) is 0.762. The SMILES string of the molecule is COc1ccc(/C=N/N=C2\S[C@H](C)C(=O)N2Cc2ccco2)c(OC)c1. The third-order valence-electron chi connectivity index (χ3n) is 3.80. The van der Waals surface area contributed by atoms with Gasteiger partial charge in [-0.05, 0) is 31.2 Å². The predicted octanol–water partition coefficient (Wildman–Crippen LogP) is 3.15. The monoisotopic (exact) mass is 373 g/mol. The van der Waals surface area contributed by atoms with Crippen molar-refractivity contribution in [1.82, 2.24) is 4.90 Å². The van der Waals surface area contributed by atoms with Gasteiger partial charge in [-0.15, -0.1) is 5.10 Å². The summed E-state index contributed by atoms with van der Waals surface area (Å²) in [6.07, 6.45) is 3.17. The largest absolute Gasteiger partial charge is 0.497 e. The third-order valence-corrected chi connectivity index (χ3v) is 4.87. The van der Waals surface area contributed by atoms with E-state index in [0.717, 1.165) is 5.56 Å². The third kappa shape index (κ3) is 3.91. The summed E-state index contributed by atoms with van der Waals surface area (Å²) in [6.45, 7) is 2.18. The van der Waals surface area contributed by atoms with Crippen molar-refractivity contribution in [2.24, 2.45) is 10.2 Å². The Bertz CT molecular complexity index is 833. The Hall–Kier alpha value is -2.74. The Morgan fingerprint density at radius 3 is 2.85 bits per heavy atom.